The van der Waals surface area contributed by atoms with Gasteiger partial charge in [-0.25, -0.2) is 69.6 Å². The number of halogens is 8. The zero-order valence-corrected chi connectivity index (χ0v) is 64.6. The highest BCUT2D eigenvalue weighted by atomic mass is 36.0. The van der Waals surface area contributed by atoms with Gasteiger partial charge in [0.05, 0.1) is 25.9 Å². The van der Waals surface area contributed by atoms with E-state index >= 15 is 0 Å². The number of ether oxygens (including phenoxy) is 1. The van der Waals surface area contributed by atoms with Crippen molar-refractivity contribution in [3.05, 3.63) is 207 Å². The van der Waals surface area contributed by atoms with E-state index in [2.05, 4.69) is 136 Å². The number of methoxy groups -OCH3 is 1. The molecule has 16 aromatic rings. The van der Waals surface area contributed by atoms with Crippen LogP contribution in [0.15, 0.2) is 176 Å². The molecule has 6 aromatic carbocycles. The van der Waals surface area contributed by atoms with E-state index < -0.39 is 17.1 Å². The number of oxazole rings is 4. The first-order valence-corrected chi connectivity index (χ1v) is 40.9. The fraction of sp³-hybridized carbons (Fsp3) is 0.0909. The van der Waals surface area contributed by atoms with E-state index in [-0.39, 0.29) is 66.1 Å². The summed E-state index contributed by atoms with van der Waals surface area (Å²) in [6, 6.07) is 39.9. The molecule has 10 aromatic heterocycles. The molecule has 0 atom stereocenters. The first kappa shape index (κ1) is 81.2. The molecule has 0 aliphatic carbocycles. The second kappa shape index (κ2) is 37.6. The number of anilines is 7. The van der Waals surface area contributed by atoms with Gasteiger partial charge in [0, 0.05) is 31.2 Å². The number of para-hydroxylation sites is 8. The highest BCUT2D eigenvalue weighted by Gasteiger charge is 2.21. The summed E-state index contributed by atoms with van der Waals surface area (Å²) in [5, 5.41) is 9.73. The topological polar surface area (TPSA) is 509 Å². The molecule has 32 nitrogen and oxygen atoms in total. The summed E-state index contributed by atoms with van der Waals surface area (Å²) in [5.74, 6) is 8.64. The van der Waals surface area contributed by atoms with Crippen LogP contribution < -0.4 is 45.2 Å². The van der Waals surface area contributed by atoms with Gasteiger partial charge in [0.2, 0.25) is 0 Å². The number of hydrogen-bond donors (Lipinski definition) is 10. The maximum Gasteiger partial charge on any atom is 0.394 e. The standard InChI is InChI=1S/C19H12Cl2N6O.C12H10N6O2.C12H8N6O.C9H7NO3.C7H5Cl3.C4H7N5.3CH3.Al.Cl3OP/c20-11-4-3-5-12(21)10(11)8-27-9-23-16(22)15-18(27)26-17(25-15)19-24-13-6-1-2-7-14(13)28-19;13-9-8(10(14)16-5-15-9)18-11(19)12-17-6-3-1-2-4-7(6)20-12;13-9-8-10(15-5-14-9)18-11(17-8)12-16-6-3-1-2-4-7(6)19-12;1-12-9(11)8-10-6-4-2-3-5-7(6)13-8;8-4-5-6(9)2-1-3-7(5)10;5-2-3(6)8-1-9-4(2)7;;;;;1-5(2,3)4/h1-7,9,22H,8H2,(H,25,26);1-5H,(H,18,19)(H4,13,14,15,16);1-5H,(H3,13,14,15,17,18);2-5H,1H3;1-3H,4H2;1H,5H2,(H4,6,7,8,9);3*1H3;;. The lowest BCUT2D eigenvalue weighted by molar-refractivity contribution is 0.0558. The Morgan fingerprint density at radius 3 is 1.36 bits per heavy atom. The van der Waals surface area contributed by atoms with Crippen LogP contribution >= 0.6 is 96.9 Å². The summed E-state index contributed by atoms with van der Waals surface area (Å²) in [4.78, 5) is 81.7. The average molecular weight is 1660 g/mol. The first-order valence-electron chi connectivity index (χ1n) is 30.9. The van der Waals surface area contributed by atoms with E-state index in [1.807, 2.05) is 60.7 Å². The van der Waals surface area contributed by atoms with Crippen molar-refractivity contribution < 1.29 is 36.6 Å². The molecule has 0 unspecified atom stereocenters. The summed E-state index contributed by atoms with van der Waals surface area (Å²) in [5.41, 5.74) is 42.2. The van der Waals surface area contributed by atoms with E-state index in [0.29, 0.717) is 117 Å². The number of fused-ring (bicyclic) bond motifs is 6. The number of aromatic amines is 2. The lowest BCUT2D eigenvalue weighted by atomic mass is 10.2. The number of carbonyl (C=O) groups excluding carboxylic acids is 2. The Bertz CT molecular complexity index is 5710. The van der Waals surface area contributed by atoms with Crippen LogP contribution in [0.2, 0.25) is 37.4 Å². The van der Waals surface area contributed by atoms with Gasteiger partial charge < -0.3 is 76.7 Å². The second-order valence-electron chi connectivity index (χ2n) is 22.2. The number of nitrogens with two attached hydrogens (primary N) is 6. The minimum Gasteiger partial charge on any atom is -0.462 e. The Kier molecular flexibility index (Phi) is 28.2. The number of benzene rings is 6. The fourth-order valence-electron chi connectivity index (χ4n) is 8.76. The number of carbonyl (C=O) groups is 2. The highest BCUT2D eigenvalue weighted by molar-refractivity contribution is 8.24. The molecule has 1 amide bonds. The Morgan fingerprint density at radius 2 is 0.926 bits per heavy atom. The number of nitrogens with one attached hydrogen (secondary N) is 4. The molecule has 0 bridgehead atoms. The maximum absolute atomic E-state index is 12.1. The summed E-state index contributed by atoms with van der Waals surface area (Å²) >= 11 is 43.4. The molecule has 42 heteroatoms. The van der Waals surface area contributed by atoms with Crippen molar-refractivity contribution in [1.29, 1.82) is 5.41 Å². The molecule has 0 spiro atoms. The molecule has 16 rings (SSSR count). The molecule has 0 radical (unpaired) electrons. The molecule has 554 valence electrons. The minimum absolute atomic E-state index is 0.0105. The van der Waals surface area contributed by atoms with Gasteiger partial charge in [0.15, 0.2) is 79.9 Å². The monoisotopic (exact) mass is 1650 g/mol. The van der Waals surface area contributed by atoms with Crippen molar-refractivity contribution in [3.63, 3.8) is 0 Å². The number of nitrogen functional groups attached to an aromatic ring is 6. The summed E-state index contributed by atoms with van der Waals surface area (Å²) in [6.07, 6.45) is 5.39. The number of hydrogen-bond acceptors (Lipinski definition) is 28. The van der Waals surface area contributed by atoms with Gasteiger partial charge in [-0.3, -0.25) is 14.8 Å². The number of amides is 1. The Morgan fingerprint density at radius 1 is 0.528 bits per heavy atom. The van der Waals surface area contributed by atoms with Crippen LogP contribution in [-0.4, -0.2) is 112 Å². The number of nitrogens with zero attached hydrogens (tertiary/aromatic N) is 14. The van der Waals surface area contributed by atoms with Crippen molar-refractivity contribution in [3.8, 4) is 23.4 Å². The van der Waals surface area contributed by atoms with Crippen molar-refractivity contribution in [2.45, 2.75) is 29.8 Å². The average Bonchev–Trinajstić information content (AvgIpc) is 1.62. The molecule has 0 saturated heterocycles. The van der Waals surface area contributed by atoms with Gasteiger partial charge >= 0.3 is 23.0 Å². The van der Waals surface area contributed by atoms with E-state index in [1.54, 1.807) is 83.7 Å². The normalized spacial score (nSPS) is 10.7. The van der Waals surface area contributed by atoms with Crippen molar-refractivity contribution in [1.82, 2.24) is 79.3 Å². The van der Waals surface area contributed by atoms with E-state index in [0.717, 1.165) is 22.2 Å². The Hall–Kier alpha value is -10.9. The molecule has 0 aliphatic rings. The van der Waals surface area contributed by atoms with Crippen LogP contribution in [-0.2, 0) is 21.7 Å². The highest BCUT2D eigenvalue weighted by Crippen LogP contribution is 2.61. The van der Waals surface area contributed by atoms with E-state index in [4.69, 9.17) is 115 Å². The number of imidazole rings is 2. The molecule has 10 heterocycles. The second-order valence-corrected chi connectivity index (χ2v) is 34.2. The number of aromatic nitrogens is 16. The van der Waals surface area contributed by atoms with Crippen molar-refractivity contribution >= 4 is 230 Å². The van der Waals surface area contributed by atoms with Crippen LogP contribution in [0.25, 0.3) is 90.2 Å². The van der Waals surface area contributed by atoms with Crippen molar-refractivity contribution in [2.24, 2.45) is 0 Å². The molecular weight excluding hydrogens is 1600 g/mol. The third-order valence-electron chi connectivity index (χ3n) is 13.6. The third-order valence-corrected chi connectivity index (χ3v) is 15.3. The van der Waals surface area contributed by atoms with Gasteiger partial charge in [-0.05, 0) is 107 Å². The predicted octanol–water partition coefficient (Wildman–Crippen LogP) is 15.9. The van der Waals surface area contributed by atoms with Gasteiger partial charge in [-0.1, -0.05) is 107 Å². The Balaban J connectivity index is 0.000000151. The van der Waals surface area contributed by atoms with Gasteiger partial charge in [0.25, 0.3) is 31.8 Å². The van der Waals surface area contributed by atoms with E-state index in [1.165, 1.54) is 26.1 Å². The lowest BCUT2D eigenvalue weighted by Crippen LogP contribution is -2.16. The minimum atomic E-state index is -3.22. The van der Waals surface area contributed by atoms with Gasteiger partial charge in [0.1, 0.15) is 63.5 Å². The molecule has 108 heavy (non-hydrogen) atoms. The quantitative estimate of drug-likeness (QED) is 0.0292. The number of H-pyrrole nitrogens is 2. The predicted molar refractivity (Wildman–Crippen MR) is 423 cm³/mol. The third kappa shape index (κ3) is 21.9. The maximum atomic E-state index is 12.1. The van der Waals surface area contributed by atoms with Crippen LogP contribution in [0.3, 0.4) is 0 Å². The smallest absolute Gasteiger partial charge is 0.394 e. The molecule has 0 saturated carbocycles. The summed E-state index contributed by atoms with van der Waals surface area (Å²) < 4.78 is 37.6. The molecule has 0 fully saturated rings. The number of alkyl halides is 1. The Labute approximate surface area is 653 Å². The SMILES string of the molecule is COC(=O)c1nc2ccccc2o1.ClCc1c(Cl)cccc1Cl.N=c1ncn(Cc2c(Cl)cccc2Cl)c2nc(-c3nc4ccccc4o3)[nH]c12.Nc1ncnc(N)c1N.Nc1ncnc(N)c1NC(=O)c1nc2ccccc2o1.Nc1ncnc2nc(-c3nc4ccccc4o3)[nH]c12.O=P(Cl)(Cl)Cl.[CH3][Al]([CH3])[CH3]. The van der Waals surface area contributed by atoms with Crippen molar-refractivity contribution in [2.75, 3.05) is 46.8 Å². The molecule has 0 aliphatic heterocycles. The lowest BCUT2D eigenvalue weighted by Gasteiger charge is -2.10. The van der Waals surface area contributed by atoms with Crippen LogP contribution in [0.5, 0.6) is 0 Å². The first-order chi connectivity index (χ1) is 51.6. The van der Waals surface area contributed by atoms with Crippen LogP contribution in [0, 0.1) is 5.41 Å². The summed E-state index contributed by atoms with van der Waals surface area (Å²) in [6.45, 7) is 0.361. The van der Waals surface area contributed by atoms with Gasteiger partial charge in [-0.15, -0.1) is 29.0 Å². The zero-order valence-electron chi connectivity index (χ0n) is 56.5. The van der Waals surface area contributed by atoms with Gasteiger partial charge in [-0.2, -0.15) is 0 Å². The number of esters is 1. The molecule has 16 N–H and O–H groups in total. The zero-order chi connectivity index (χ0) is 77.9. The van der Waals surface area contributed by atoms with Crippen LogP contribution in [0.1, 0.15) is 32.5 Å². The fourth-order valence-corrected chi connectivity index (χ4v) is 10.2. The number of rotatable bonds is 8. The van der Waals surface area contributed by atoms with E-state index in [9.17, 15) is 14.2 Å². The molecular formula is C66H58AlCl8N24O8P. The largest absolute Gasteiger partial charge is 0.462 e. The summed E-state index contributed by atoms with van der Waals surface area (Å²) in [7, 11) is 1.29. The van der Waals surface area contributed by atoms with Crippen LogP contribution in [0.4, 0.5) is 40.5 Å².